The van der Waals surface area contributed by atoms with E-state index in [0.717, 1.165) is 39.0 Å². The second kappa shape index (κ2) is 22.3. The smallest absolute Gasteiger partial charge is 0.320 e. The zero-order valence-corrected chi connectivity index (χ0v) is 29.9. The van der Waals surface area contributed by atoms with Crippen molar-refractivity contribution in [2.24, 2.45) is 17.2 Å². The van der Waals surface area contributed by atoms with Gasteiger partial charge in [-0.15, -0.1) is 0 Å². The Balaban J connectivity index is 0.000000692. The Morgan fingerprint density at radius 2 is 1.20 bits per heavy atom. The molecule has 3 aromatic carbocycles. The van der Waals surface area contributed by atoms with Gasteiger partial charge >= 0.3 is 17.9 Å². The third kappa shape index (κ3) is 14.3. The average Bonchev–Trinajstić information content (AvgIpc) is 3.36. The van der Waals surface area contributed by atoms with Gasteiger partial charge in [0.05, 0.1) is 20.8 Å². The van der Waals surface area contributed by atoms with Gasteiger partial charge in [0, 0.05) is 23.0 Å². The van der Waals surface area contributed by atoms with Gasteiger partial charge in [-0.1, -0.05) is 36.4 Å². The Kier molecular flexibility index (Phi) is 20.3. The zero-order chi connectivity index (χ0) is 35.1. The molecule has 0 radical (unpaired) electrons. The van der Waals surface area contributed by atoms with Crippen molar-refractivity contribution in [2.75, 3.05) is 20.8 Å². The molecule has 0 aliphatic heterocycles. The summed E-state index contributed by atoms with van der Waals surface area (Å²) < 4.78 is 15.4. The molecule has 0 saturated carbocycles. The lowest BCUT2D eigenvalue weighted by Crippen LogP contribution is -2.32. The number of hydrogen-bond donors (Lipinski definition) is 7. The number of carboxylic acid groups (broad SMARTS) is 3. The topological polar surface area (TPSA) is 233 Å². The number of aromatic nitrogens is 1. The van der Waals surface area contributed by atoms with Gasteiger partial charge < -0.3 is 51.7 Å². The number of benzene rings is 3. The van der Waals surface area contributed by atoms with Crippen molar-refractivity contribution in [3.05, 3.63) is 89.1 Å². The van der Waals surface area contributed by atoms with E-state index in [9.17, 15) is 14.4 Å². The number of rotatable bonds is 13. The molecule has 0 fully saturated rings. The van der Waals surface area contributed by atoms with E-state index in [0.29, 0.717) is 30.9 Å². The van der Waals surface area contributed by atoms with Gasteiger partial charge in [-0.05, 0) is 73.7 Å². The molecule has 0 aliphatic rings. The summed E-state index contributed by atoms with van der Waals surface area (Å²) in [7, 11) is 3.07. The molecule has 0 aliphatic carbocycles. The van der Waals surface area contributed by atoms with Crippen LogP contribution in [0.3, 0.4) is 0 Å². The molecule has 270 valence electrons. The lowest BCUT2D eigenvalue weighted by molar-refractivity contribution is -0.139. The predicted octanol–water partition coefficient (Wildman–Crippen LogP) is 3.35. The van der Waals surface area contributed by atoms with Crippen molar-refractivity contribution < 1.29 is 43.9 Å². The van der Waals surface area contributed by atoms with Gasteiger partial charge in [0.25, 0.3) is 0 Å². The lowest BCUT2D eigenvalue weighted by Gasteiger charge is -2.11. The third-order valence-electron chi connectivity index (χ3n) is 7.00. The molecule has 1 heterocycles. The fraction of sp³-hybridized carbons (Fsp3) is 0.324. The second-order valence-corrected chi connectivity index (χ2v) is 10.5. The molecule has 0 saturated heterocycles. The zero-order valence-electron chi connectivity index (χ0n) is 27.9. The Bertz CT molecular complexity index is 1620. The monoisotopic (exact) mass is 720 g/mol. The van der Waals surface area contributed by atoms with Crippen LogP contribution >= 0.6 is 27.0 Å². The molecule has 0 spiro atoms. The number of aromatic amines is 1. The number of nitrogens with two attached hydrogens (primary N) is 3. The van der Waals surface area contributed by atoms with Crippen LogP contribution in [0, 0.1) is 6.92 Å². The van der Waals surface area contributed by atoms with E-state index in [4.69, 9.17) is 46.7 Å². The minimum Gasteiger partial charge on any atom is -0.494 e. The summed E-state index contributed by atoms with van der Waals surface area (Å²) in [5.74, 6) is -1.01. The van der Waals surface area contributed by atoms with Crippen molar-refractivity contribution in [2.45, 2.75) is 51.2 Å². The number of ether oxygens (including phenoxy) is 3. The van der Waals surface area contributed by atoms with Crippen molar-refractivity contribution in [1.29, 1.82) is 0 Å². The Labute approximate surface area is 299 Å². The molecule has 1 aromatic heterocycles. The molecule has 0 bridgehead atoms. The van der Waals surface area contributed by atoms with E-state index < -0.39 is 36.0 Å². The Morgan fingerprint density at radius 1 is 0.714 bits per heavy atom. The average molecular weight is 721 g/mol. The van der Waals surface area contributed by atoms with Crippen LogP contribution in [0.1, 0.15) is 29.3 Å². The number of nitrogens with one attached hydrogen (secondary N) is 1. The van der Waals surface area contributed by atoms with Crippen molar-refractivity contribution in [1.82, 2.24) is 4.98 Å². The fourth-order valence-corrected chi connectivity index (χ4v) is 4.48. The second-order valence-electron chi connectivity index (χ2n) is 10.5. The van der Waals surface area contributed by atoms with Crippen LogP contribution in [0.5, 0.6) is 17.2 Å². The van der Waals surface area contributed by atoms with Crippen LogP contribution < -0.4 is 31.4 Å². The fourth-order valence-electron chi connectivity index (χ4n) is 4.48. The minimum atomic E-state index is -1.02. The highest BCUT2D eigenvalue weighted by molar-refractivity contribution is 7.59. The molecular weight excluding hydrogens is 673 g/mol. The van der Waals surface area contributed by atoms with Crippen LogP contribution in [0.4, 0.5) is 0 Å². The highest BCUT2D eigenvalue weighted by Gasteiger charge is 2.17. The molecule has 3 atom stereocenters. The number of carboxylic acids is 3. The number of methoxy groups -OCH3 is 2. The largest absolute Gasteiger partial charge is 0.494 e. The van der Waals surface area contributed by atoms with Crippen LogP contribution in [0.15, 0.2) is 66.7 Å². The van der Waals surface area contributed by atoms with E-state index in [-0.39, 0.29) is 33.4 Å². The normalized spacial score (nSPS) is 11.8. The first kappa shape index (κ1) is 44.6. The van der Waals surface area contributed by atoms with Gasteiger partial charge in [0.15, 0.2) is 11.5 Å². The predicted molar refractivity (Wildman–Crippen MR) is 199 cm³/mol. The maximum Gasteiger partial charge on any atom is 0.320 e. The molecule has 13 nitrogen and oxygen atoms in total. The highest BCUT2D eigenvalue weighted by Crippen LogP contribution is 2.28. The quantitative estimate of drug-likeness (QED) is 0.105. The number of aliphatic carboxylic acids is 3. The van der Waals surface area contributed by atoms with E-state index in [1.165, 1.54) is 7.11 Å². The first-order chi connectivity index (χ1) is 22.3. The van der Waals surface area contributed by atoms with Crippen molar-refractivity contribution in [3.63, 3.8) is 0 Å². The molecule has 4 rings (SSSR count). The van der Waals surface area contributed by atoms with Gasteiger partial charge in [-0.25, -0.2) is 0 Å². The van der Waals surface area contributed by atoms with Gasteiger partial charge in [-0.2, -0.15) is 27.0 Å². The molecule has 10 N–H and O–H groups in total. The first-order valence-corrected chi connectivity index (χ1v) is 14.7. The van der Waals surface area contributed by atoms with E-state index >= 15 is 0 Å². The summed E-state index contributed by atoms with van der Waals surface area (Å²) in [5, 5.41) is 27.2. The summed E-state index contributed by atoms with van der Waals surface area (Å²) in [4.78, 5) is 35.1. The van der Waals surface area contributed by atoms with Gasteiger partial charge in [0.2, 0.25) is 0 Å². The molecule has 0 amide bonds. The summed E-state index contributed by atoms with van der Waals surface area (Å²) in [6.45, 7) is 4.46. The molecule has 4 aromatic rings. The Morgan fingerprint density at radius 3 is 1.71 bits per heavy atom. The maximum atomic E-state index is 10.7. The molecular formula is C34H48N4O9S2. The summed E-state index contributed by atoms with van der Waals surface area (Å²) >= 11 is 0. The van der Waals surface area contributed by atoms with Gasteiger partial charge in [-0.3, -0.25) is 14.4 Å². The van der Waals surface area contributed by atoms with Crippen molar-refractivity contribution >= 4 is 55.8 Å². The van der Waals surface area contributed by atoms with Crippen LogP contribution in [0.25, 0.3) is 10.9 Å². The van der Waals surface area contributed by atoms with Crippen molar-refractivity contribution in [3.8, 4) is 17.2 Å². The molecule has 15 heteroatoms. The van der Waals surface area contributed by atoms with Gasteiger partial charge in [0.1, 0.15) is 23.9 Å². The number of aryl methyl sites for hydroxylation is 1. The summed E-state index contributed by atoms with van der Waals surface area (Å²) in [6.07, 6.45) is 0.947. The Hall–Kier alpha value is -4.41. The number of H-pyrrole nitrogens is 1. The molecule has 49 heavy (non-hydrogen) atoms. The first-order valence-electron chi connectivity index (χ1n) is 14.7. The lowest BCUT2D eigenvalue weighted by atomic mass is 10.0. The van der Waals surface area contributed by atoms with E-state index in [1.54, 1.807) is 25.3 Å². The van der Waals surface area contributed by atoms with Crippen LogP contribution in [-0.2, 0) is 33.6 Å². The summed E-state index contributed by atoms with van der Waals surface area (Å²) in [5.41, 5.74) is 21.1. The maximum absolute atomic E-state index is 10.7. The van der Waals surface area contributed by atoms with E-state index in [2.05, 4.69) is 4.98 Å². The summed E-state index contributed by atoms with van der Waals surface area (Å²) in [6, 6.07) is 17.7. The third-order valence-corrected chi connectivity index (χ3v) is 7.00. The van der Waals surface area contributed by atoms with E-state index in [1.807, 2.05) is 62.4 Å². The number of hydrogen-bond acceptors (Lipinski definition) is 9. The number of fused-ring (bicyclic) bond motifs is 1. The molecule has 2 unspecified atom stereocenters. The number of para-hydroxylation sites is 1. The standard InChI is InChI=1S/C12H14N2O2.C11H15NO4.C11H15NO3.2H2S/c1-7-9(6-10(13)12(15)16)8-4-2-3-5-11(8)14-7;1-15-9-4-3-7(6-10(9)16-2)5-8(12)11(13)14;1-2-15-9-5-3-8(4-6-9)7-10(12)11(13)14;;/h2-5,10,14H,6,13H2,1H3,(H,15,16);3-4,6,8H,5,12H2,1-2H3,(H,13,14);3-6,10H,2,7,12H2,1H3,(H,13,14);2*1H2/t;;10-;;/m..0../s1. The SMILES string of the molecule is CCOc1ccc(C[C@H](N)C(=O)O)cc1.COc1ccc(CC(N)C(=O)O)cc1OC.Cc1[nH]c2ccccc2c1CC(N)C(=O)O.S.S. The number of carbonyl (C=O) groups is 3. The van der Waals surface area contributed by atoms with Crippen LogP contribution in [-0.4, -0.2) is 77.2 Å². The highest BCUT2D eigenvalue weighted by atomic mass is 32.1. The van der Waals surface area contributed by atoms with Crippen LogP contribution in [0.2, 0.25) is 0 Å². The minimum absolute atomic E-state index is 0.